The number of carbonyl (C=O) groups excluding carboxylic acids is 2. The summed E-state index contributed by atoms with van der Waals surface area (Å²) in [6, 6.07) is 8.83. The molecule has 1 aliphatic heterocycles. The fourth-order valence-corrected chi connectivity index (χ4v) is 1.44. The van der Waals surface area contributed by atoms with Crippen molar-refractivity contribution in [3.8, 4) is 5.75 Å². The van der Waals surface area contributed by atoms with E-state index in [2.05, 4.69) is 0 Å². The van der Waals surface area contributed by atoms with E-state index in [0.29, 0.717) is 18.7 Å². The maximum Gasteiger partial charge on any atom is 0.415 e. The Bertz CT molecular complexity index is 375. The van der Waals surface area contributed by atoms with Gasteiger partial charge in [0.15, 0.2) is 5.78 Å². The van der Waals surface area contributed by atoms with E-state index in [0.717, 1.165) is 0 Å². The van der Waals surface area contributed by atoms with E-state index in [9.17, 15) is 9.59 Å². The molecule has 0 bridgehead atoms. The van der Waals surface area contributed by atoms with E-state index >= 15 is 0 Å². The number of ketones is 1. The van der Waals surface area contributed by atoms with Crippen LogP contribution in [0, 0.1) is 0 Å². The topological polar surface area (TPSA) is 46.6 Å². The number of rotatable bonds is 1. The van der Waals surface area contributed by atoms with Gasteiger partial charge in [0.2, 0.25) is 0 Å². The Hall–Kier alpha value is -1.84. The van der Waals surface area contributed by atoms with Crippen molar-refractivity contribution < 1.29 is 14.3 Å². The molecule has 78 valence electrons. The third-order valence-electron chi connectivity index (χ3n) is 2.23. The minimum atomic E-state index is -0.452. The van der Waals surface area contributed by atoms with E-state index in [4.69, 9.17) is 4.74 Å². The van der Waals surface area contributed by atoms with Crippen molar-refractivity contribution in [2.75, 3.05) is 13.1 Å². The molecule has 1 fully saturated rings. The van der Waals surface area contributed by atoms with Gasteiger partial charge >= 0.3 is 6.09 Å². The Kier molecular flexibility index (Phi) is 2.67. The molecule has 0 unspecified atom stereocenters. The summed E-state index contributed by atoms with van der Waals surface area (Å²) in [6.45, 7) is 0.635. The zero-order chi connectivity index (χ0) is 10.7. The van der Waals surface area contributed by atoms with Crippen molar-refractivity contribution in [1.29, 1.82) is 0 Å². The van der Waals surface area contributed by atoms with Gasteiger partial charge in [-0.05, 0) is 12.1 Å². The first kappa shape index (κ1) is 9.71. The van der Waals surface area contributed by atoms with Crippen LogP contribution in [0.1, 0.15) is 6.42 Å². The Morgan fingerprint density at radius 1 is 1.27 bits per heavy atom. The van der Waals surface area contributed by atoms with Gasteiger partial charge in [0.1, 0.15) is 5.75 Å². The number of ether oxygens (including phenoxy) is 1. The van der Waals surface area contributed by atoms with Gasteiger partial charge in [0.25, 0.3) is 0 Å². The summed E-state index contributed by atoms with van der Waals surface area (Å²) in [5, 5.41) is 0. The summed E-state index contributed by atoms with van der Waals surface area (Å²) in [6.07, 6.45) is -0.0174. The van der Waals surface area contributed by atoms with E-state index in [1.165, 1.54) is 4.90 Å². The van der Waals surface area contributed by atoms with Gasteiger partial charge in [-0.15, -0.1) is 0 Å². The molecule has 0 saturated carbocycles. The number of hydrogen-bond acceptors (Lipinski definition) is 3. The lowest BCUT2D eigenvalue weighted by molar-refractivity contribution is -0.116. The highest BCUT2D eigenvalue weighted by atomic mass is 16.6. The largest absolute Gasteiger partial charge is 0.415 e. The van der Waals surface area contributed by atoms with Crippen molar-refractivity contribution in [2.24, 2.45) is 0 Å². The Morgan fingerprint density at radius 2 is 2.00 bits per heavy atom. The molecule has 1 aliphatic rings. The molecule has 0 aromatic heterocycles. The van der Waals surface area contributed by atoms with Gasteiger partial charge in [-0.3, -0.25) is 4.79 Å². The molecule has 1 saturated heterocycles. The van der Waals surface area contributed by atoms with Crippen LogP contribution in [0.3, 0.4) is 0 Å². The summed E-state index contributed by atoms with van der Waals surface area (Å²) >= 11 is 0. The zero-order valence-corrected chi connectivity index (χ0v) is 8.18. The molecule has 2 rings (SSSR count). The van der Waals surface area contributed by atoms with Crippen LogP contribution >= 0.6 is 0 Å². The monoisotopic (exact) mass is 205 g/mol. The smallest absolute Gasteiger partial charge is 0.410 e. The van der Waals surface area contributed by atoms with Crippen LogP contribution in [0.5, 0.6) is 5.75 Å². The summed E-state index contributed by atoms with van der Waals surface area (Å²) < 4.78 is 5.08. The standard InChI is InChI=1S/C11H11NO3/c13-9-6-7-12(8-9)11(14)15-10-4-2-1-3-5-10/h1-5H,6-8H2. The van der Waals surface area contributed by atoms with Crippen LogP contribution in [0.2, 0.25) is 0 Å². The summed E-state index contributed by atoms with van der Waals surface area (Å²) in [4.78, 5) is 23.9. The van der Waals surface area contributed by atoms with Crippen molar-refractivity contribution in [3.05, 3.63) is 30.3 Å². The van der Waals surface area contributed by atoms with E-state index in [1.807, 2.05) is 6.07 Å². The molecule has 0 radical (unpaired) electrons. The molecular formula is C11H11NO3. The first-order valence-electron chi connectivity index (χ1n) is 4.79. The second-order valence-corrected chi connectivity index (χ2v) is 3.39. The Balaban J connectivity index is 1.96. The highest BCUT2D eigenvalue weighted by molar-refractivity contribution is 5.87. The average molecular weight is 205 g/mol. The molecule has 0 atom stereocenters. The average Bonchev–Trinajstić information content (AvgIpc) is 2.66. The number of benzene rings is 1. The van der Waals surface area contributed by atoms with Gasteiger partial charge in [-0.2, -0.15) is 0 Å². The maximum atomic E-state index is 11.5. The van der Waals surface area contributed by atoms with Gasteiger partial charge < -0.3 is 9.64 Å². The van der Waals surface area contributed by atoms with Gasteiger partial charge in [0.05, 0.1) is 6.54 Å². The second-order valence-electron chi connectivity index (χ2n) is 3.39. The number of likely N-dealkylation sites (tertiary alicyclic amines) is 1. The second kappa shape index (κ2) is 4.13. The van der Waals surface area contributed by atoms with Crippen molar-refractivity contribution >= 4 is 11.9 Å². The zero-order valence-electron chi connectivity index (χ0n) is 8.18. The molecule has 0 N–H and O–H groups in total. The number of para-hydroxylation sites is 1. The third-order valence-corrected chi connectivity index (χ3v) is 2.23. The van der Waals surface area contributed by atoms with Crippen LogP contribution in [0.4, 0.5) is 4.79 Å². The molecule has 0 aliphatic carbocycles. The van der Waals surface area contributed by atoms with Crippen LogP contribution in [-0.2, 0) is 4.79 Å². The summed E-state index contributed by atoms with van der Waals surface area (Å²) in [5.41, 5.74) is 0. The molecule has 4 nitrogen and oxygen atoms in total. The SMILES string of the molecule is O=C1CCN(C(=O)Oc2ccccc2)C1. The van der Waals surface area contributed by atoms with E-state index in [-0.39, 0.29) is 12.3 Å². The minimum absolute atomic E-state index is 0.0833. The molecule has 0 spiro atoms. The Labute approximate surface area is 87.4 Å². The molecule has 15 heavy (non-hydrogen) atoms. The van der Waals surface area contributed by atoms with E-state index < -0.39 is 6.09 Å². The normalized spacial score (nSPS) is 15.5. The van der Waals surface area contributed by atoms with Gasteiger partial charge in [-0.25, -0.2) is 4.79 Å². The van der Waals surface area contributed by atoms with Gasteiger partial charge in [0, 0.05) is 13.0 Å². The van der Waals surface area contributed by atoms with Crippen LogP contribution < -0.4 is 4.74 Å². The molecule has 4 heteroatoms. The quantitative estimate of drug-likeness (QED) is 0.697. The predicted octanol–water partition coefficient (Wildman–Crippen LogP) is 1.46. The fraction of sp³-hybridized carbons (Fsp3) is 0.273. The number of nitrogens with zero attached hydrogens (tertiary/aromatic N) is 1. The van der Waals surface area contributed by atoms with Crippen LogP contribution in [0.25, 0.3) is 0 Å². The number of Topliss-reactive ketones (excluding diaryl/α,β-unsaturated/α-hetero) is 1. The lowest BCUT2D eigenvalue weighted by atomic mass is 10.3. The number of carbonyl (C=O) groups is 2. The maximum absolute atomic E-state index is 11.5. The predicted molar refractivity (Wildman–Crippen MR) is 53.7 cm³/mol. The lowest BCUT2D eigenvalue weighted by Gasteiger charge is -2.13. The van der Waals surface area contributed by atoms with Crippen molar-refractivity contribution in [3.63, 3.8) is 0 Å². The van der Waals surface area contributed by atoms with Crippen molar-refractivity contribution in [2.45, 2.75) is 6.42 Å². The van der Waals surface area contributed by atoms with Crippen LogP contribution in [0.15, 0.2) is 30.3 Å². The molecule has 1 amide bonds. The molecule has 1 heterocycles. The van der Waals surface area contributed by atoms with Crippen LogP contribution in [-0.4, -0.2) is 29.9 Å². The number of amides is 1. The first-order valence-corrected chi connectivity index (χ1v) is 4.79. The molecular weight excluding hydrogens is 194 g/mol. The summed E-state index contributed by atoms with van der Waals surface area (Å²) in [7, 11) is 0. The highest BCUT2D eigenvalue weighted by Gasteiger charge is 2.25. The fourth-order valence-electron chi connectivity index (χ4n) is 1.44. The van der Waals surface area contributed by atoms with Gasteiger partial charge in [-0.1, -0.05) is 18.2 Å². The first-order chi connectivity index (χ1) is 7.25. The van der Waals surface area contributed by atoms with Crippen molar-refractivity contribution in [1.82, 2.24) is 4.90 Å². The molecule has 1 aromatic rings. The highest BCUT2D eigenvalue weighted by Crippen LogP contribution is 2.12. The lowest BCUT2D eigenvalue weighted by Crippen LogP contribution is -2.31. The summed E-state index contributed by atoms with van der Waals surface area (Å²) in [5.74, 6) is 0.585. The molecule has 1 aromatic carbocycles. The Morgan fingerprint density at radius 3 is 2.60 bits per heavy atom. The third kappa shape index (κ3) is 2.34. The number of hydrogen-bond donors (Lipinski definition) is 0. The minimum Gasteiger partial charge on any atom is -0.410 e. The van der Waals surface area contributed by atoms with E-state index in [1.54, 1.807) is 24.3 Å².